The maximum Gasteiger partial charge on any atom is 0.420 e. The molecule has 128 valence electrons. The van der Waals surface area contributed by atoms with Crippen molar-refractivity contribution in [2.75, 3.05) is 10.6 Å². The minimum Gasteiger partial charge on any atom is -0.408 e. The van der Waals surface area contributed by atoms with Crippen LogP contribution in [0.2, 0.25) is 0 Å². The van der Waals surface area contributed by atoms with Gasteiger partial charge in [-0.15, -0.1) is 6.58 Å². The van der Waals surface area contributed by atoms with Crippen molar-refractivity contribution in [3.8, 4) is 0 Å². The van der Waals surface area contributed by atoms with Crippen LogP contribution in [0.4, 0.5) is 20.6 Å². The van der Waals surface area contributed by atoms with Gasteiger partial charge in [-0.1, -0.05) is 22.0 Å². The molecule has 0 spiro atoms. The van der Waals surface area contributed by atoms with Gasteiger partial charge in [0.15, 0.2) is 5.58 Å². The number of benzene rings is 2. The van der Waals surface area contributed by atoms with Crippen molar-refractivity contribution in [1.82, 2.24) is 4.57 Å². The Morgan fingerprint density at radius 2 is 2.08 bits per heavy atom. The molecule has 2 aromatic carbocycles. The van der Waals surface area contributed by atoms with E-state index in [9.17, 15) is 14.0 Å². The van der Waals surface area contributed by atoms with Crippen LogP contribution in [0.25, 0.3) is 11.1 Å². The number of anilines is 2. The fourth-order valence-electron chi connectivity index (χ4n) is 2.32. The third-order valence-electron chi connectivity index (χ3n) is 3.42. The summed E-state index contributed by atoms with van der Waals surface area (Å²) in [6, 6.07) is 8.48. The summed E-state index contributed by atoms with van der Waals surface area (Å²) in [7, 11) is 0. The second-order valence-electron chi connectivity index (χ2n) is 5.15. The first kappa shape index (κ1) is 17.0. The zero-order valence-corrected chi connectivity index (χ0v) is 14.5. The van der Waals surface area contributed by atoms with Gasteiger partial charge in [0, 0.05) is 22.8 Å². The van der Waals surface area contributed by atoms with E-state index in [1.54, 1.807) is 24.3 Å². The lowest BCUT2D eigenvalue weighted by molar-refractivity contribution is 0.262. The van der Waals surface area contributed by atoms with E-state index >= 15 is 0 Å². The first-order valence-corrected chi connectivity index (χ1v) is 8.04. The van der Waals surface area contributed by atoms with E-state index in [1.165, 1.54) is 22.8 Å². The van der Waals surface area contributed by atoms with E-state index in [4.69, 9.17) is 4.42 Å². The molecule has 2 amide bonds. The Balaban J connectivity index is 1.79. The number of allylic oxidation sites excluding steroid dienone is 1. The minimum atomic E-state index is -0.617. The predicted molar refractivity (Wildman–Crippen MR) is 97.4 cm³/mol. The molecule has 0 atom stereocenters. The van der Waals surface area contributed by atoms with E-state index < -0.39 is 17.6 Å². The van der Waals surface area contributed by atoms with Gasteiger partial charge in [-0.05, 0) is 30.3 Å². The highest BCUT2D eigenvalue weighted by Crippen LogP contribution is 2.21. The van der Waals surface area contributed by atoms with Gasteiger partial charge < -0.3 is 15.1 Å². The van der Waals surface area contributed by atoms with Crippen molar-refractivity contribution in [2.24, 2.45) is 0 Å². The van der Waals surface area contributed by atoms with E-state index in [-0.39, 0.29) is 5.69 Å². The summed E-state index contributed by atoms with van der Waals surface area (Å²) in [5.74, 6) is -1.07. The number of hydrogen-bond acceptors (Lipinski definition) is 3. The lowest BCUT2D eigenvalue weighted by Gasteiger charge is -2.08. The molecule has 1 aromatic heterocycles. The van der Waals surface area contributed by atoms with Gasteiger partial charge in [-0.3, -0.25) is 4.57 Å². The second-order valence-corrected chi connectivity index (χ2v) is 6.07. The van der Waals surface area contributed by atoms with Crippen LogP contribution in [-0.2, 0) is 6.54 Å². The SMILES string of the molecule is C=CCn1c(=O)oc2cc(NC(=O)Nc3ccc(Br)cc3F)ccc21. The lowest BCUT2D eigenvalue weighted by atomic mass is 10.3. The first-order chi connectivity index (χ1) is 12.0. The van der Waals surface area contributed by atoms with E-state index in [0.29, 0.717) is 27.8 Å². The molecule has 3 aromatic rings. The van der Waals surface area contributed by atoms with Crippen LogP contribution in [0.15, 0.2) is 62.7 Å². The molecule has 8 heteroatoms. The smallest absolute Gasteiger partial charge is 0.408 e. The molecule has 3 rings (SSSR count). The molecule has 0 saturated heterocycles. The highest BCUT2D eigenvalue weighted by Gasteiger charge is 2.11. The number of nitrogens with zero attached hydrogens (tertiary/aromatic N) is 1. The van der Waals surface area contributed by atoms with E-state index in [1.807, 2.05) is 0 Å². The molecule has 0 aliphatic rings. The van der Waals surface area contributed by atoms with Gasteiger partial charge in [0.1, 0.15) is 5.82 Å². The summed E-state index contributed by atoms with van der Waals surface area (Å²) < 4.78 is 20.9. The lowest BCUT2D eigenvalue weighted by Crippen LogP contribution is -2.20. The third-order valence-corrected chi connectivity index (χ3v) is 3.91. The number of fused-ring (bicyclic) bond motifs is 1. The standard InChI is InChI=1S/C17H13BrFN3O3/c1-2-7-22-14-6-4-11(9-15(14)25-17(22)24)20-16(23)21-13-5-3-10(18)8-12(13)19/h2-6,8-9H,1,7H2,(H2,20,21,23). The number of rotatable bonds is 4. The highest BCUT2D eigenvalue weighted by atomic mass is 79.9. The third kappa shape index (κ3) is 3.63. The molecular weight excluding hydrogens is 393 g/mol. The topological polar surface area (TPSA) is 76.3 Å². The predicted octanol–water partition coefficient (Wildman–Crippen LogP) is 4.33. The Bertz CT molecular complexity index is 1030. The van der Waals surface area contributed by atoms with E-state index in [0.717, 1.165) is 0 Å². The van der Waals surface area contributed by atoms with Gasteiger partial charge in [0.05, 0.1) is 11.2 Å². The molecule has 0 radical (unpaired) electrons. The van der Waals surface area contributed by atoms with Crippen LogP contribution in [0.3, 0.4) is 0 Å². The Morgan fingerprint density at radius 3 is 2.80 bits per heavy atom. The second kappa shape index (κ2) is 6.94. The van der Waals surface area contributed by atoms with Crippen LogP contribution in [-0.4, -0.2) is 10.6 Å². The van der Waals surface area contributed by atoms with Gasteiger partial charge in [0.2, 0.25) is 0 Å². The molecule has 0 unspecified atom stereocenters. The van der Waals surface area contributed by atoms with Crippen LogP contribution in [0.5, 0.6) is 0 Å². The van der Waals surface area contributed by atoms with Gasteiger partial charge in [-0.25, -0.2) is 14.0 Å². The number of carbonyl (C=O) groups excluding carboxylic acids is 1. The molecule has 0 saturated carbocycles. The van der Waals surface area contributed by atoms with Crippen LogP contribution in [0, 0.1) is 5.82 Å². The zero-order valence-electron chi connectivity index (χ0n) is 12.9. The molecule has 2 N–H and O–H groups in total. The van der Waals surface area contributed by atoms with Crippen molar-refractivity contribution in [1.29, 1.82) is 0 Å². The molecule has 0 aliphatic carbocycles. The molecule has 25 heavy (non-hydrogen) atoms. The Hall–Kier alpha value is -2.87. The summed E-state index contributed by atoms with van der Waals surface area (Å²) in [5, 5.41) is 4.98. The molecular formula is C17H13BrFN3O3. The summed E-state index contributed by atoms with van der Waals surface area (Å²) in [6.07, 6.45) is 1.59. The fourth-order valence-corrected chi connectivity index (χ4v) is 2.65. The molecule has 6 nitrogen and oxygen atoms in total. The van der Waals surface area contributed by atoms with Crippen LogP contribution < -0.4 is 16.4 Å². The maximum atomic E-state index is 13.7. The summed E-state index contributed by atoms with van der Waals surface area (Å²) in [6.45, 7) is 3.91. The number of carbonyl (C=O) groups is 1. The quantitative estimate of drug-likeness (QED) is 0.634. The number of amides is 2. The van der Waals surface area contributed by atoms with Gasteiger partial charge in [-0.2, -0.15) is 0 Å². The van der Waals surface area contributed by atoms with Crippen LogP contribution >= 0.6 is 15.9 Å². The molecule has 0 fully saturated rings. The van der Waals surface area contributed by atoms with Gasteiger partial charge >= 0.3 is 11.8 Å². The number of halogens is 2. The highest BCUT2D eigenvalue weighted by molar-refractivity contribution is 9.10. The van der Waals surface area contributed by atoms with Crippen molar-refractivity contribution in [3.63, 3.8) is 0 Å². The summed E-state index contributed by atoms with van der Waals surface area (Å²) in [4.78, 5) is 23.8. The van der Waals surface area contributed by atoms with Crippen molar-refractivity contribution >= 4 is 44.4 Å². The van der Waals surface area contributed by atoms with Gasteiger partial charge in [0.25, 0.3) is 0 Å². The Morgan fingerprint density at radius 1 is 1.28 bits per heavy atom. The number of nitrogens with one attached hydrogen (secondary N) is 2. The monoisotopic (exact) mass is 405 g/mol. The maximum absolute atomic E-state index is 13.7. The zero-order chi connectivity index (χ0) is 18.0. The number of aromatic nitrogens is 1. The summed E-state index contributed by atoms with van der Waals surface area (Å²) in [5.41, 5.74) is 1.38. The van der Waals surface area contributed by atoms with E-state index in [2.05, 4.69) is 33.1 Å². The van der Waals surface area contributed by atoms with Crippen molar-refractivity contribution < 1.29 is 13.6 Å². The average Bonchev–Trinajstić information content (AvgIpc) is 2.86. The number of oxazole rings is 1. The average molecular weight is 406 g/mol. The molecule has 1 heterocycles. The Labute approximate surface area is 150 Å². The fraction of sp³-hybridized carbons (Fsp3) is 0.0588. The summed E-state index contributed by atoms with van der Waals surface area (Å²) >= 11 is 3.15. The normalized spacial score (nSPS) is 10.6. The van der Waals surface area contributed by atoms with Crippen molar-refractivity contribution in [3.05, 3.63) is 69.9 Å². The van der Waals surface area contributed by atoms with Crippen LogP contribution in [0.1, 0.15) is 0 Å². The molecule has 0 bridgehead atoms. The Kier molecular flexibility index (Phi) is 4.71. The first-order valence-electron chi connectivity index (χ1n) is 7.25. The minimum absolute atomic E-state index is 0.0467. The molecule has 0 aliphatic heterocycles. The van der Waals surface area contributed by atoms with Crippen molar-refractivity contribution in [2.45, 2.75) is 6.54 Å². The largest absolute Gasteiger partial charge is 0.420 e. The number of hydrogen-bond donors (Lipinski definition) is 2. The number of urea groups is 1.